The molecule has 2 aromatic rings. The van der Waals surface area contributed by atoms with E-state index in [-0.39, 0.29) is 19.2 Å². The highest BCUT2D eigenvalue weighted by Gasteiger charge is 1.98. The number of carbonyl (C=O) groups excluding carboxylic acids is 1. The van der Waals surface area contributed by atoms with E-state index in [0.717, 1.165) is 5.56 Å². The van der Waals surface area contributed by atoms with Gasteiger partial charge in [0.2, 0.25) is 0 Å². The Morgan fingerprint density at radius 3 is 2.52 bits per heavy atom. The third kappa shape index (κ3) is 6.33. The Morgan fingerprint density at radius 2 is 1.74 bits per heavy atom. The van der Waals surface area contributed by atoms with E-state index >= 15 is 0 Å². The quantitative estimate of drug-likeness (QED) is 0.828. The van der Waals surface area contributed by atoms with Crippen molar-refractivity contribution in [2.75, 3.05) is 13.2 Å². The van der Waals surface area contributed by atoms with Gasteiger partial charge in [0.05, 0.1) is 11.6 Å². The second-order valence-electron chi connectivity index (χ2n) is 4.59. The van der Waals surface area contributed by atoms with Gasteiger partial charge in [-0.2, -0.15) is 0 Å². The van der Waals surface area contributed by atoms with Crippen LogP contribution in [0.3, 0.4) is 0 Å². The molecule has 5 heteroatoms. The summed E-state index contributed by atoms with van der Waals surface area (Å²) < 4.78 is 5.42. The number of urea groups is 1. The molecule has 118 valence electrons. The maximum absolute atomic E-state index is 11.6. The van der Waals surface area contributed by atoms with Crippen LogP contribution in [-0.2, 0) is 6.54 Å². The number of carbonyl (C=O) groups is 1. The summed E-state index contributed by atoms with van der Waals surface area (Å²) in [7, 11) is 0. The minimum Gasteiger partial charge on any atom is -0.479 e. The SMILES string of the molecule is O=C(NCC#CCOc1ccccc1Cl)NCc1ccccc1. The molecular formula is C18H17ClN2O2. The maximum atomic E-state index is 11.6. The number of halogens is 1. The first-order valence-electron chi connectivity index (χ1n) is 7.14. The number of benzene rings is 2. The molecule has 0 radical (unpaired) electrons. The van der Waals surface area contributed by atoms with Gasteiger partial charge in [-0.1, -0.05) is 65.9 Å². The van der Waals surface area contributed by atoms with E-state index in [1.165, 1.54) is 0 Å². The summed E-state index contributed by atoms with van der Waals surface area (Å²) in [6, 6.07) is 16.6. The summed E-state index contributed by atoms with van der Waals surface area (Å²) in [5.41, 5.74) is 1.04. The molecule has 2 rings (SSSR count). The van der Waals surface area contributed by atoms with Gasteiger partial charge in [0, 0.05) is 6.54 Å². The fraction of sp³-hybridized carbons (Fsp3) is 0.167. The molecule has 0 bridgehead atoms. The van der Waals surface area contributed by atoms with Crippen molar-refractivity contribution in [3.63, 3.8) is 0 Å². The van der Waals surface area contributed by atoms with Gasteiger partial charge < -0.3 is 15.4 Å². The largest absolute Gasteiger partial charge is 0.479 e. The van der Waals surface area contributed by atoms with Crippen LogP contribution in [0.15, 0.2) is 54.6 Å². The standard InChI is InChI=1S/C18H17ClN2O2/c19-16-10-4-5-11-17(16)23-13-7-6-12-20-18(22)21-14-15-8-2-1-3-9-15/h1-5,8-11H,12-14H2,(H2,20,21,22). The topological polar surface area (TPSA) is 50.4 Å². The summed E-state index contributed by atoms with van der Waals surface area (Å²) in [5, 5.41) is 5.96. The number of rotatable bonds is 5. The summed E-state index contributed by atoms with van der Waals surface area (Å²) >= 11 is 5.95. The number of nitrogens with one attached hydrogen (secondary N) is 2. The lowest BCUT2D eigenvalue weighted by atomic mass is 10.2. The van der Waals surface area contributed by atoms with E-state index in [9.17, 15) is 4.79 Å². The highest BCUT2D eigenvalue weighted by Crippen LogP contribution is 2.22. The van der Waals surface area contributed by atoms with Crippen molar-refractivity contribution in [2.24, 2.45) is 0 Å². The van der Waals surface area contributed by atoms with E-state index in [1.807, 2.05) is 42.5 Å². The molecule has 0 aliphatic carbocycles. The van der Waals surface area contributed by atoms with Crippen molar-refractivity contribution >= 4 is 17.6 Å². The lowest BCUT2D eigenvalue weighted by molar-refractivity contribution is 0.241. The molecule has 0 aliphatic heterocycles. The summed E-state index contributed by atoms with van der Waals surface area (Å²) in [4.78, 5) is 11.6. The predicted octanol–water partition coefficient (Wildman–Crippen LogP) is 3.22. The van der Waals surface area contributed by atoms with E-state index in [4.69, 9.17) is 16.3 Å². The van der Waals surface area contributed by atoms with Crippen molar-refractivity contribution in [1.82, 2.24) is 10.6 Å². The Kier molecular flexibility index (Phi) is 6.83. The normalized spacial score (nSPS) is 9.43. The molecular weight excluding hydrogens is 312 g/mol. The van der Waals surface area contributed by atoms with Gasteiger partial charge in [0.1, 0.15) is 12.4 Å². The van der Waals surface area contributed by atoms with E-state index in [1.54, 1.807) is 12.1 Å². The third-order valence-electron chi connectivity index (χ3n) is 2.89. The average molecular weight is 329 g/mol. The molecule has 0 unspecified atom stereocenters. The van der Waals surface area contributed by atoms with E-state index < -0.39 is 0 Å². The summed E-state index contributed by atoms with van der Waals surface area (Å²) in [6.45, 7) is 0.958. The van der Waals surface area contributed by atoms with Gasteiger partial charge in [-0.3, -0.25) is 0 Å². The lowest BCUT2D eigenvalue weighted by Gasteiger charge is -2.05. The zero-order valence-corrected chi connectivity index (χ0v) is 13.3. The van der Waals surface area contributed by atoms with Gasteiger partial charge in [-0.05, 0) is 17.7 Å². The second kappa shape index (κ2) is 9.39. The van der Waals surface area contributed by atoms with Crippen molar-refractivity contribution in [1.29, 1.82) is 0 Å². The highest BCUT2D eigenvalue weighted by molar-refractivity contribution is 6.32. The fourth-order valence-corrected chi connectivity index (χ4v) is 1.94. The smallest absolute Gasteiger partial charge is 0.315 e. The van der Waals surface area contributed by atoms with Crippen LogP contribution in [0.25, 0.3) is 0 Å². The van der Waals surface area contributed by atoms with Crippen LogP contribution in [0.4, 0.5) is 4.79 Å². The highest BCUT2D eigenvalue weighted by atomic mass is 35.5. The Labute approximate surface area is 140 Å². The number of hydrogen-bond acceptors (Lipinski definition) is 2. The number of hydrogen-bond donors (Lipinski definition) is 2. The van der Waals surface area contributed by atoms with Crippen LogP contribution >= 0.6 is 11.6 Å². The molecule has 0 saturated carbocycles. The molecule has 4 nitrogen and oxygen atoms in total. The van der Waals surface area contributed by atoms with Crippen LogP contribution in [0, 0.1) is 11.8 Å². The van der Waals surface area contributed by atoms with Gasteiger partial charge in [-0.25, -0.2) is 4.79 Å². The fourth-order valence-electron chi connectivity index (χ4n) is 1.75. The van der Waals surface area contributed by atoms with Crippen LogP contribution in [0.5, 0.6) is 5.75 Å². The van der Waals surface area contributed by atoms with Gasteiger partial charge in [-0.15, -0.1) is 0 Å². The minimum atomic E-state index is -0.254. The zero-order valence-electron chi connectivity index (χ0n) is 12.5. The molecule has 0 saturated heterocycles. The zero-order chi connectivity index (χ0) is 16.3. The van der Waals surface area contributed by atoms with Gasteiger partial charge in [0.15, 0.2) is 0 Å². The summed E-state index contributed by atoms with van der Waals surface area (Å²) in [6.07, 6.45) is 0. The number of ether oxygens (including phenoxy) is 1. The Bertz CT molecular complexity index is 693. The van der Waals surface area contributed by atoms with Crippen LogP contribution in [0.1, 0.15) is 5.56 Å². The van der Waals surface area contributed by atoms with Gasteiger partial charge in [0.25, 0.3) is 0 Å². The predicted molar refractivity (Wildman–Crippen MR) is 91.4 cm³/mol. The molecule has 0 atom stereocenters. The van der Waals surface area contributed by atoms with Crippen LogP contribution in [0.2, 0.25) is 5.02 Å². The molecule has 0 aromatic heterocycles. The van der Waals surface area contributed by atoms with Crippen molar-refractivity contribution in [3.05, 3.63) is 65.2 Å². The first-order valence-corrected chi connectivity index (χ1v) is 7.52. The maximum Gasteiger partial charge on any atom is 0.315 e. The van der Waals surface area contributed by atoms with Crippen LogP contribution in [-0.4, -0.2) is 19.2 Å². The van der Waals surface area contributed by atoms with Crippen molar-refractivity contribution in [2.45, 2.75) is 6.54 Å². The minimum absolute atomic E-state index is 0.219. The number of para-hydroxylation sites is 1. The molecule has 2 amide bonds. The van der Waals surface area contributed by atoms with Gasteiger partial charge >= 0.3 is 6.03 Å². The Hall–Kier alpha value is -2.64. The first kappa shape index (κ1) is 16.7. The van der Waals surface area contributed by atoms with E-state index in [0.29, 0.717) is 17.3 Å². The molecule has 0 spiro atoms. The van der Waals surface area contributed by atoms with Crippen molar-refractivity contribution in [3.8, 4) is 17.6 Å². The molecule has 2 aromatic carbocycles. The lowest BCUT2D eigenvalue weighted by Crippen LogP contribution is -2.35. The molecule has 0 aliphatic rings. The Balaban J connectivity index is 1.61. The van der Waals surface area contributed by atoms with Crippen LogP contribution < -0.4 is 15.4 Å². The molecule has 0 fully saturated rings. The molecule has 2 N–H and O–H groups in total. The molecule has 0 heterocycles. The average Bonchev–Trinajstić information content (AvgIpc) is 2.58. The van der Waals surface area contributed by atoms with E-state index in [2.05, 4.69) is 22.5 Å². The molecule has 23 heavy (non-hydrogen) atoms. The van der Waals surface area contributed by atoms with Crippen molar-refractivity contribution < 1.29 is 9.53 Å². The summed E-state index contributed by atoms with van der Waals surface area (Å²) in [5.74, 6) is 6.23. The second-order valence-corrected chi connectivity index (χ2v) is 5.00. The first-order chi connectivity index (χ1) is 11.3. The third-order valence-corrected chi connectivity index (χ3v) is 3.21. The monoisotopic (exact) mass is 328 g/mol. The Morgan fingerprint density at radius 1 is 1.00 bits per heavy atom. The number of amides is 2.